The summed E-state index contributed by atoms with van der Waals surface area (Å²) in [6.07, 6.45) is 1.75. The van der Waals surface area contributed by atoms with E-state index in [0.717, 1.165) is 18.4 Å². The maximum atomic E-state index is 12.2. The van der Waals surface area contributed by atoms with Crippen molar-refractivity contribution in [2.45, 2.75) is 18.4 Å². The van der Waals surface area contributed by atoms with Gasteiger partial charge in [0.25, 0.3) is 0 Å². The van der Waals surface area contributed by atoms with Crippen molar-refractivity contribution in [3.05, 3.63) is 65.7 Å². The number of carbonyl (C=O) groups is 3. The fraction of sp³-hybridized carbons (Fsp3) is 0.286. The van der Waals surface area contributed by atoms with Crippen molar-refractivity contribution in [2.24, 2.45) is 5.92 Å². The van der Waals surface area contributed by atoms with Crippen molar-refractivity contribution in [3.63, 3.8) is 0 Å². The predicted octanol–water partition coefficient (Wildman–Crippen LogP) is 1.83. The molecule has 0 aromatic heterocycles. The minimum Gasteiger partial charge on any atom is -0.465 e. The van der Waals surface area contributed by atoms with Crippen molar-refractivity contribution < 1.29 is 24.2 Å². The first-order valence-corrected chi connectivity index (χ1v) is 8.99. The Kier molecular flexibility index (Phi) is 5.75. The van der Waals surface area contributed by atoms with Crippen LogP contribution >= 0.6 is 0 Å². The van der Waals surface area contributed by atoms with Gasteiger partial charge in [0.1, 0.15) is 5.60 Å². The third-order valence-corrected chi connectivity index (χ3v) is 4.81. The van der Waals surface area contributed by atoms with Gasteiger partial charge in [-0.05, 0) is 48.6 Å². The number of aliphatic hydroxyl groups is 1. The van der Waals surface area contributed by atoms with E-state index < -0.39 is 23.4 Å². The van der Waals surface area contributed by atoms with Crippen LogP contribution in [0.1, 0.15) is 28.8 Å². The highest BCUT2D eigenvalue weighted by Crippen LogP contribution is 2.45. The number of hydrogen-bond acceptors (Lipinski definition) is 5. The smallest absolute Gasteiger partial charge is 0.337 e. The predicted molar refractivity (Wildman–Crippen MR) is 102 cm³/mol. The van der Waals surface area contributed by atoms with Gasteiger partial charge >= 0.3 is 17.8 Å². The zero-order valence-corrected chi connectivity index (χ0v) is 15.5. The van der Waals surface area contributed by atoms with E-state index in [9.17, 15) is 19.5 Å². The maximum Gasteiger partial charge on any atom is 0.337 e. The second kappa shape index (κ2) is 8.22. The lowest BCUT2D eigenvalue weighted by atomic mass is 9.88. The van der Waals surface area contributed by atoms with Gasteiger partial charge in [-0.15, -0.1) is 0 Å². The first-order chi connectivity index (χ1) is 13.4. The summed E-state index contributed by atoms with van der Waals surface area (Å²) >= 11 is 0. The van der Waals surface area contributed by atoms with Crippen molar-refractivity contribution in [3.8, 4) is 0 Å². The largest absolute Gasteiger partial charge is 0.465 e. The van der Waals surface area contributed by atoms with Crippen LogP contribution in [0.3, 0.4) is 0 Å². The Morgan fingerprint density at radius 2 is 1.68 bits per heavy atom. The standard InChI is InChI=1S/C21H22N2O5/c1-28-20(26)14-7-11-17(12-8-14)23-19(25)18(24)22-13-21(27,16-9-10-16)15-5-3-2-4-6-15/h2-8,11-12,16,27H,9-10,13H2,1H3,(H,22,24)(H,23,25). The highest BCUT2D eigenvalue weighted by molar-refractivity contribution is 6.39. The molecular formula is C21H22N2O5. The van der Waals surface area contributed by atoms with Crippen LogP contribution in [-0.4, -0.2) is 36.5 Å². The molecule has 1 saturated carbocycles. The van der Waals surface area contributed by atoms with Gasteiger partial charge in [0.2, 0.25) is 0 Å². The summed E-state index contributed by atoms with van der Waals surface area (Å²) in [5, 5.41) is 16.0. The quantitative estimate of drug-likeness (QED) is 0.522. The number of esters is 1. The number of carbonyl (C=O) groups excluding carboxylic acids is 3. The monoisotopic (exact) mass is 382 g/mol. The van der Waals surface area contributed by atoms with Crippen LogP contribution in [-0.2, 0) is 19.9 Å². The molecule has 1 aliphatic carbocycles. The van der Waals surface area contributed by atoms with E-state index in [4.69, 9.17) is 0 Å². The molecule has 1 unspecified atom stereocenters. The molecule has 0 spiro atoms. The van der Waals surface area contributed by atoms with Gasteiger partial charge in [0, 0.05) is 5.69 Å². The number of methoxy groups -OCH3 is 1. The van der Waals surface area contributed by atoms with E-state index in [1.54, 1.807) is 0 Å². The number of ether oxygens (including phenoxy) is 1. The molecule has 0 heterocycles. The topological polar surface area (TPSA) is 105 Å². The zero-order chi connectivity index (χ0) is 20.1. The lowest BCUT2D eigenvalue weighted by Gasteiger charge is -2.29. The molecule has 0 radical (unpaired) electrons. The van der Waals surface area contributed by atoms with Crippen molar-refractivity contribution in [2.75, 3.05) is 19.0 Å². The van der Waals surface area contributed by atoms with E-state index in [-0.39, 0.29) is 12.5 Å². The third-order valence-electron chi connectivity index (χ3n) is 4.81. The molecule has 2 aromatic carbocycles. The number of amides is 2. The Hall–Kier alpha value is -3.19. The van der Waals surface area contributed by atoms with Crippen LogP contribution in [0.2, 0.25) is 0 Å². The SMILES string of the molecule is COC(=O)c1ccc(NC(=O)C(=O)NCC(O)(c2ccccc2)C2CC2)cc1. The van der Waals surface area contributed by atoms with Crippen molar-refractivity contribution in [1.82, 2.24) is 5.32 Å². The summed E-state index contributed by atoms with van der Waals surface area (Å²) in [6.45, 7) is -0.0464. The van der Waals surface area contributed by atoms with Gasteiger partial charge < -0.3 is 20.5 Å². The van der Waals surface area contributed by atoms with Crippen LogP contribution < -0.4 is 10.6 Å². The molecule has 7 nitrogen and oxygen atoms in total. The molecule has 1 atom stereocenters. The molecule has 0 bridgehead atoms. The molecule has 2 amide bonds. The van der Waals surface area contributed by atoms with E-state index in [1.807, 2.05) is 30.3 Å². The highest BCUT2D eigenvalue weighted by atomic mass is 16.5. The summed E-state index contributed by atoms with van der Waals surface area (Å²) in [5.74, 6) is -2.12. The molecule has 1 aliphatic rings. The van der Waals surface area contributed by atoms with Crippen LogP contribution in [0.4, 0.5) is 5.69 Å². The first-order valence-electron chi connectivity index (χ1n) is 8.99. The average molecular weight is 382 g/mol. The number of hydrogen-bond donors (Lipinski definition) is 3. The number of rotatable bonds is 6. The Morgan fingerprint density at radius 3 is 2.25 bits per heavy atom. The first kappa shape index (κ1) is 19.6. The summed E-state index contributed by atoms with van der Waals surface area (Å²) in [7, 11) is 1.28. The molecule has 1 fully saturated rings. The molecule has 3 N–H and O–H groups in total. The Morgan fingerprint density at radius 1 is 1.04 bits per heavy atom. The van der Waals surface area contributed by atoms with Crippen LogP contribution in [0.25, 0.3) is 0 Å². The summed E-state index contributed by atoms with van der Waals surface area (Å²) in [5.41, 5.74) is 0.228. The van der Waals surface area contributed by atoms with Gasteiger partial charge in [-0.2, -0.15) is 0 Å². The Labute approximate surface area is 162 Å². The molecule has 146 valence electrons. The summed E-state index contributed by atoms with van der Waals surface area (Å²) in [6, 6.07) is 15.1. The molecular weight excluding hydrogens is 360 g/mol. The van der Waals surface area contributed by atoms with E-state index in [0.29, 0.717) is 11.3 Å². The van der Waals surface area contributed by atoms with Crippen LogP contribution in [0.15, 0.2) is 54.6 Å². The van der Waals surface area contributed by atoms with Gasteiger partial charge in [-0.1, -0.05) is 30.3 Å². The van der Waals surface area contributed by atoms with Gasteiger partial charge in [-0.3, -0.25) is 9.59 Å². The van der Waals surface area contributed by atoms with E-state index >= 15 is 0 Å². The molecule has 2 aromatic rings. The van der Waals surface area contributed by atoms with Crippen LogP contribution in [0.5, 0.6) is 0 Å². The second-order valence-electron chi connectivity index (χ2n) is 6.77. The van der Waals surface area contributed by atoms with Crippen molar-refractivity contribution >= 4 is 23.5 Å². The van der Waals surface area contributed by atoms with E-state index in [1.165, 1.54) is 31.4 Å². The normalized spacial score (nSPS) is 15.2. The zero-order valence-electron chi connectivity index (χ0n) is 15.5. The average Bonchev–Trinajstić information content (AvgIpc) is 3.58. The minimum atomic E-state index is -1.20. The molecule has 0 aliphatic heterocycles. The second-order valence-corrected chi connectivity index (χ2v) is 6.77. The van der Waals surface area contributed by atoms with E-state index in [2.05, 4.69) is 15.4 Å². The summed E-state index contributed by atoms with van der Waals surface area (Å²) in [4.78, 5) is 35.7. The third kappa shape index (κ3) is 4.37. The van der Waals surface area contributed by atoms with Gasteiger partial charge in [0.05, 0.1) is 19.2 Å². The van der Waals surface area contributed by atoms with Crippen LogP contribution in [0, 0.1) is 5.92 Å². The molecule has 28 heavy (non-hydrogen) atoms. The number of benzene rings is 2. The van der Waals surface area contributed by atoms with Gasteiger partial charge in [-0.25, -0.2) is 4.79 Å². The number of nitrogens with one attached hydrogen (secondary N) is 2. The fourth-order valence-corrected chi connectivity index (χ4v) is 3.06. The molecule has 0 saturated heterocycles. The highest BCUT2D eigenvalue weighted by Gasteiger charge is 2.45. The Bertz CT molecular complexity index is 862. The molecule has 7 heteroatoms. The Balaban J connectivity index is 1.59. The minimum absolute atomic E-state index is 0.0464. The lowest BCUT2D eigenvalue weighted by molar-refractivity contribution is -0.137. The van der Waals surface area contributed by atoms with Crippen molar-refractivity contribution in [1.29, 1.82) is 0 Å². The molecule has 3 rings (SSSR count). The maximum absolute atomic E-state index is 12.2. The fourth-order valence-electron chi connectivity index (χ4n) is 3.06. The lowest BCUT2D eigenvalue weighted by Crippen LogP contribution is -2.45. The van der Waals surface area contributed by atoms with Gasteiger partial charge in [0.15, 0.2) is 0 Å². The summed E-state index contributed by atoms with van der Waals surface area (Å²) < 4.78 is 4.61. The number of anilines is 1.